The highest BCUT2D eigenvalue weighted by Crippen LogP contribution is 2.23. The van der Waals surface area contributed by atoms with Crippen molar-refractivity contribution in [2.75, 3.05) is 11.9 Å². The predicted octanol–water partition coefficient (Wildman–Crippen LogP) is 2.37. The molecular weight excluding hydrogens is 362 g/mol. The number of carbonyl (C=O) groups excluding carboxylic acids is 4. The summed E-state index contributed by atoms with van der Waals surface area (Å²) in [6.45, 7) is 6.46. The van der Waals surface area contributed by atoms with Gasteiger partial charge in [0, 0.05) is 5.69 Å². The summed E-state index contributed by atoms with van der Waals surface area (Å²) in [5.74, 6) is -1.78. The maximum atomic E-state index is 12.5. The highest BCUT2D eigenvalue weighted by Gasteiger charge is 2.48. The molecule has 28 heavy (non-hydrogen) atoms. The summed E-state index contributed by atoms with van der Waals surface area (Å²) in [5.41, 5.74) is 0.623. The molecule has 0 spiro atoms. The van der Waals surface area contributed by atoms with Gasteiger partial charge in [-0.2, -0.15) is 0 Å². The molecule has 8 nitrogen and oxygen atoms in total. The van der Waals surface area contributed by atoms with E-state index in [-0.39, 0.29) is 0 Å². The number of urea groups is 1. The van der Waals surface area contributed by atoms with E-state index in [1.54, 1.807) is 19.1 Å². The number of amides is 4. The van der Waals surface area contributed by atoms with Gasteiger partial charge in [0.05, 0.1) is 0 Å². The number of ether oxygens (including phenoxy) is 1. The number of unbranched alkanes of at least 4 members (excludes halogenated alkanes) is 1. The number of benzene rings is 1. The molecule has 4 amide bonds. The summed E-state index contributed by atoms with van der Waals surface area (Å²) in [6.07, 6.45) is 1.08. The standard InChI is InChI=1S/C20H27N3O5/c1-5-6-11-20(4)18(26)23(19(27)22-20)12-16(24)28-14(3)17(25)21-15-9-7-13(2)8-10-15/h7-10,14H,5-6,11-12H2,1-4H3,(H,21,25)(H,22,27)/t14-,20-/m1/s1. The Labute approximate surface area is 164 Å². The molecule has 1 aliphatic heterocycles. The van der Waals surface area contributed by atoms with Gasteiger partial charge in [0.1, 0.15) is 12.1 Å². The summed E-state index contributed by atoms with van der Waals surface area (Å²) in [4.78, 5) is 49.8. The van der Waals surface area contributed by atoms with Crippen LogP contribution in [0.3, 0.4) is 0 Å². The molecular formula is C20H27N3O5. The fourth-order valence-corrected chi connectivity index (χ4v) is 2.89. The van der Waals surface area contributed by atoms with Gasteiger partial charge in [-0.05, 0) is 39.3 Å². The molecule has 0 bridgehead atoms. The van der Waals surface area contributed by atoms with Crippen molar-refractivity contribution in [3.63, 3.8) is 0 Å². The highest BCUT2D eigenvalue weighted by molar-refractivity contribution is 6.08. The number of hydrogen-bond acceptors (Lipinski definition) is 5. The van der Waals surface area contributed by atoms with Gasteiger partial charge in [0.25, 0.3) is 11.8 Å². The van der Waals surface area contributed by atoms with Gasteiger partial charge < -0.3 is 15.4 Å². The minimum absolute atomic E-state index is 0.459. The molecule has 0 aromatic heterocycles. The molecule has 0 radical (unpaired) electrons. The fraction of sp³-hybridized carbons (Fsp3) is 0.500. The van der Waals surface area contributed by atoms with Crippen LogP contribution in [0.25, 0.3) is 0 Å². The molecule has 2 rings (SSSR count). The molecule has 0 saturated carbocycles. The van der Waals surface area contributed by atoms with Gasteiger partial charge in [-0.1, -0.05) is 37.5 Å². The van der Waals surface area contributed by atoms with Crippen molar-refractivity contribution in [1.82, 2.24) is 10.2 Å². The minimum Gasteiger partial charge on any atom is -0.451 e. The van der Waals surface area contributed by atoms with Crippen molar-refractivity contribution >= 4 is 29.5 Å². The molecule has 1 heterocycles. The third kappa shape index (κ3) is 5.09. The van der Waals surface area contributed by atoms with E-state index in [1.165, 1.54) is 6.92 Å². The molecule has 1 fully saturated rings. The van der Waals surface area contributed by atoms with E-state index < -0.39 is 42.0 Å². The molecule has 2 N–H and O–H groups in total. The van der Waals surface area contributed by atoms with Crippen LogP contribution in [0.5, 0.6) is 0 Å². The van der Waals surface area contributed by atoms with Crippen LogP contribution >= 0.6 is 0 Å². The van der Waals surface area contributed by atoms with Gasteiger partial charge in [-0.3, -0.25) is 19.3 Å². The van der Waals surface area contributed by atoms with Crippen molar-refractivity contribution < 1.29 is 23.9 Å². The van der Waals surface area contributed by atoms with Gasteiger partial charge in [-0.15, -0.1) is 0 Å². The fourth-order valence-electron chi connectivity index (χ4n) is 2.89. The second-order valence-corrected chi connectivity index (χ2v) is 7.24. The summed E-state index contributed by atoms with van der Waals surface area (Å²) in [6, 6.07) is 6.55. The highest BCUT2D eigenvalue weighted by atomic mass is 16.5. The Morgan fingerprint density at radius 2 is 1.89 bits per heavy atom. The Hall–Kier alpha value is -2.90. The van der Waals surface area contributed by atoms with Crippen LogP contribution in [0, 0.1) is 6.92 Å². The molecule has 1 aromatic rings. The van der Waals surface area contributed by atoms with Crippen molar-refractivity contribution in [3.05, 3.63) is 29.8 Å². The van der Waals surface area contributed by atoms with Crippen LogP contribution in [0.1, 0.15) is 45.6 Å². The lowest BCUT2D eigenvalue weighted by Crippen LogP contribution is -2.44. The average molecular weight is 389 g/mol. The first-order valence-electron chi connectivity index (χ1n) is 9.37. The third-order valence-electron chi connectivity index (χ3n) is 4.66. The summed E-state index contributed by atoms with van der Waals surface area (Å²) in [5, 5.41) is 5.28. The zero-order valence-electron chi connectivity index (χ0n) is 16.7. The van der Waals surface area contributed by atoms with Crippen molar-refractivity contribution in [2.24, 2.45) is 0 Å². The molecule has 0 unspecified atom stereocenters. The molecule has 2 atom stereocenters. The van der Waals surface area contributed by atoms with E-state index in [9.17, 15) is 19.2 Å². The van der Waals surface area contributed by atoms with Crippen molar-refractivity contribution in [1.29, 1.82) is 0 Å². The summed E-state index contributed by atoms with van der Waals surface area (Å²) >= 11 is 0. The van der Waals surface area contributed by atoms with Crippen LogP contribution in [0.2, 0.25) is 0 Å². The van der Waals surface area contributed by atoms with E-state index in [4.69, 9.17) is 4.74 Å². The van der Waals surface area contributed by atoms with Crippen molar-refractivity contribution in [3.8, 4) is 0 Å². The van der Waals surface area contributed by atoms with E-state index in [0.717, 1.165) is 23.3 Å². The van der Waals surface area contributed by atoms with Gasteiger partial charge >= 0.3 is 12.0 Å². The Morgan fingerprint density at radius 1 is 1.25 bits per heavy atom. The normalized spacial score (nSPS) is 19.9. The number of imide groups is 1. The van der Waals surface area contributed by atoms with Crippen LogP contribution in [0.4, 0.5) is 10.5 Å². The largest absolute Gasteiger partial charge is 0.451 e. The lowest BCUT2D eigenvalue weighted by molar-refractivity contribution is -0.155. The Balaban J connectivity index is 1.90. The van der Waals surface area contributed by atoms with Crippen molar-refractivity contribution in [2.45, 2.75) is 58.6 Å². The maximum Gasteiger partial charge on any atom is 0.327 e. The van der Waals surface area contributed by atoms with Crippen LogP contribution in [0.15, 0.2) is 24.3 Å². The van der Waals surface area contributed by atoms with E-state index in [2.05, 4.69) is 10.6 Å². The van der Waals surface area contributed by atoms with Gasteiger partial charge in [0.2, 0.25) is 0 Å². The number of aryl methyl sites for hydroxylation is 1. The van der Waals surface area contributed by atoms with Crippen LogP contribution < -0.4 is 10.6 Å². The quantitative estimate of drug-likeness (QED) is 0.525. The van der Waals surface area contributed by atoms with Crippen LogP contribution in [-0.2, 0) is 19.1 Å². The maximum absolute atomic E-state index is 12.5. The SMILES string of the molecule is CCCC[C@@]1(C)NC(=O)N(CC(=O)O[C@H](C)C(=O)Nc2ccc(C)cc2)C1=O. The number of anilines is 1. The molecule has 1 aliphatic rings. The monoisotopic (exact) mass is 389 g/mol. The van der Waals surface area contributed by atoms with Crippen LogP contribution in [-0.4, -0.2) is 46.9 Å². The summed E-state index contributed by atoms with van der Waals surface area (Å²) in [7, 11) is 0. The number of nitrogens with zero attached hydrogens (tertiary/aromatic N) is 1. The first-order chi connectivity index (χ1) is 13.2. The first-order valence-corrected chi connectivity index (χ1v) is 9.37. The number of carbonyl (C=O) groups is 4. The lowest BCUT2D eigenvalue weighted by Gasteiger charge is -2.21. The molecule has 8 heteroatoms. The molecule has 152 valence electrons. The summed E-state index contributed by atoms with van der Waals surface area (Å²) < 4.78 is 5.09. The smallest absolute Gasteiger partial charge is 0.327 e. The van der Waals surface area contributed by atoms with E-state index >= 15 is 0 Å². The lowest BCUT2D eigenvalue weighted by atomic mass is 9.95. The number of nitrogens with one attached hydrogen (secondary N) is 2. The second-order valence-electron chi connectivity index (χ2n) is 7.24. The third-order valence-corrected chi connectivity index (χ3v) is 4.66. The zero-order chi connectivity index (χ0) is 20.9. The molecule has 1 saturated heterocycles. The number of hydrogen-bond donors (Lipinski definition) is 2. The second kappa shape index (κ2) is 8.86. The first kappa shape index (κ1) is 21.4. The zero-order valence-corrected chi connectivity index (χ0v) is 16.7. The molecule has 1 aromatic carbocycles. The Morgan fingerprint density at radius 3 is 2.50 bits per heavy atom. The number of rotatable bonds is 8. The topological polar surface area (TPSA) is 105 Å². The minimum atomic E-state index is -1.07. The number of esters is 1. The van der Waals surface area contributed by atoms with Gasteiger partial charge in [0.15, 0.2) is 6.10 Å². The Kier molecular flexibility index (Phi) is 6.77. The van der Waals surface area contributed by atoms with Gasteiger partial charge in [-0.25, -0.2) is 4.79 Å². The Bertz CT molecular complexity index is 762. The average Bonchev–Trinajstić information content (AvgIpc) is 2.85. The van der Waals surface area contributed by atoms with E-state index in [0.29, 0.717) is 12.1 Å². The predicted molar refractivity (Wildman–Crippen MR) is 104 cm³/mol. The van der Waals surface area contributed by atoms with E-state index in [1.807, 2.05) is 26.0 Å². The molecule has 0 aliphatic carbocycles.